The molecule has 3 rings (SSSR count). The van der Waals surface area contributed by atoms with Crippen molar-refractivity contribution in [3.8, 4) is 0 Å². The predicted molar refractivity (Wildman–Crippen MR) is 107 cm³/mol. The SMILES string of the molecule is CCCN(C(=O)C1CCN(c2cc(C)cc(C)c2)C1=O)C1CCNC1.Cl. The largest absolute Gasteiger partial charge is 0.338 e. The summed E-state index contributed by atoms with van der Waals surface area (Å²) < 4.78 is 0. The number of anilines is 1. The van der Waals surface area contributed by atoms with Crippen molar-refractivity contribution in [1.82, 2.24) is 10.2 Å². The van der Waals surface area contributed by atoms with E-state index < -0.39 is 5.92 Å². The third-order valence-corrected chi connectivity index (χ3v) is 5.24. The van der Waals surface area contributed by atoms with Gasteiger partial charge in [-0.1, -0.05) is 13.0 Å². The van der Waals surface area contributed by atoms with E-state index in [0.717, 1.165) is 49.3 Å². The molecule has 2 fully saturated rings. The van der Waals surface area contributed by atoms with Crippen LogP contribution < -0.4 is 10.2 Å². The molecule has 6 heteroatoms. The molecule has 144 valence electrons. The highest BCUT2D eigenvalue weighted by Crippen LogP contribution is 2.29. The van der Waals surface area contributed by atoms with E-state index in [9.17, 15) is 9.59 Å². The van der Waals surface area contributed by atoms with Crippen molar-refractivity contribution in [2.75, 3.05) is 31.1 Å². The summed E-state index contributed by atoms with van der Waals surface area (Å²) in [6.07, 6.45) is 2.52. The summed E-state index contributed by atoms with van der Waals surface area (Å²) in [5.74, 6) is -0.539. The summed E-state index contributed by atoms with van der Waals surface area (Å²) >= 11 is 0. The maximum absolute atomic E-state index is 13.1. The molecule has 2 aliphatic rings. The number of aryl methyl sites for hydroxylation is 2. The first-order chi connectivity index (χ1) is 12.0. The zero-order valence-corrected chi connectivity index (χ0v) is 16.8. The highest BCUT2D eigenvalue weighted by molar-refractivity contribution is 6.09. The van der Waals surface area contributed by atoms with Gasteiger partial charge in [0.15, 0.2) is 0 Å². The number of benzene rings is 1. The van der Waals surface area contributed by atoms with Gasteiger partial charge in [-0.05, 0) is 62.9 Å². The number of nitrogens with zero attached hydrogens (tertiary/aromatic N) is 2. The second-order valence-corrected chi connectivity index (χ2v) is 7.36. The summed E-state index contributed by atoms with van der Waals surface area (Å²) in [6, 6.07) is 6.39. The summed E-state index contributed by atoms with van der Waals surface area (Å²) in [4.78, 5) is 29.8. The van der Waals surface area contributed by atoms with Crippen LogP contribution in [0.15, 0.2) is 18.2 Å². The molecule has 2 heterocycles. The van der Waals surface area contributed by atoms with Gasteiger partial charge in [0, 0.05) is 31.4 Å². The van der Waals surface area contributed by atoms with Crippen molar-refractivity contribution >= 4 is 29.9 Å². The Hall–Kier alpha value is -1.59. The monoisotopic (exact) mass is 379 g/mol. The van der Waals surface area contributed by atoms with Gasteiger partial charge in [0.1, 0.15) is 5.92 Å². The third kappa shape index (κ3) is 4.21. The minimum Gasteiger partial charge on any atom is -0.338 e. The van der Waals surface area contributed by atoms with Crippen molar-refractivity contribution in [3.63, 3.8) is 0 Å². The molecule has 1 N–H and O–H groups in total. The molecule has 0 radical (unpaired) electrons. The van der Waals surface area contributed by atoms with Crippen LogP contribution in [0.25, 0.3) is 0 Å². The molecule has 2 amide bonds. The second-order valence-electron chi connectivity index (χ2n) is 7.36. The van der Waals surface area contributed by atoms with Gasteiger partial charge < -0.3 is 15.1 Å². The van der Waals surface area contributed by atoms with Crippen LogP contribution in [-0.4, -0.2) is 48.9 Å². The van der Waals surface area contributed by atoms with Crippen LogP contribution in [0.4, 0.5) is 5.69 Å². The van der Waals surface area contributed by atoms with Crippen LogP contribution in [0.3, 0.4) is 0 Å². The van der Waals surface area contributed by atoms with Crippen molar-refractivity contribution in [2.45, 2.75) is 46.1 Å². The standard InChI is InChI=1S/C20H29N3O2.ClH/c1-4-8-22(16-5-7-21-13-16)19(24)18-6-9-23(20(18)25)17-11-14(2)10-15(3)12-17;/h10-12,16,18,21H,4-9,13H2,1-3H3;1H. The molecule has 2 saturated heterocycles. The number of carbonyl (C=O) groups is 2. The Morgan fingerprint density at radius 2 is 1.92 bits per heavy atom. The molecule has 2 aliphatic heterocycles. The minimum absolute atomic E-state index is 0. The van der Waals surface area contributed by atoms with Gasteiger partial charge in [-0.2, -0.15) is 0 Å². The fraction of sp³-hybridized carbons (Fsp3) is 0.600. The lowest BCUT2D eigenvalue weighted by molar-refractivity contribution is -0.141. The minimum atomic E-state index is -0.520. The van der Waals surface area contributed by atoms with Crippen LogP contribution in [0.1, 0.15) is 37.3 Å². The number of nitrogens with one attached hydrogen (secondary N) is 1. The Morgan fingerprint density at radius 1 is 1.23 bits per heavy atom. The fourth-order valence-electron chi connectivity index (χ4n) is 4.09. The fourth-order valence-corrected chi connectivity index (χ4v) is 4.09. The molecular weight excluding hydrogens is 350 g/mol. The van der Waals surface area contributed by atoms with E-state index in [1.54, 1.807) is 4.90 Å². The average molecular weight is 380 g/mol. The second kappa shape index (κ2) is 8.87. The number of amides is 2. The number of hydrogen-bond acceptors (Lipinski definition) is 3. The van der Waals surface area contributed by atoms with E-state index in [1.165, 1.54) is 0 Å². The van der Waals surface area contributed by atoms with Crippen LogP contribution in [-0.2, 0) is 9.59 Å². The highest BCUT2D eigenvalue weighted by Gasteiger charge is 2.41. The van der Waals surface area contributed by atoms with E-state index in [0.29, 0.717) is 13.0 Å². The molecule has 1 aromatic carbocycles. The first-order valence-corrected chi connectivity index (χ1v) is 9.42. The normalized spacial score (nSPS) is 22.4. The van der Waals surface area contributed by atoms with Gasteiger partial charge in [-0.3, -0.25) is 9.59 Å². The van der Waals surface area contributed by atoms with E-state index in [2.05, 4.69) is 18.3 Å². The Bertz CT molecular complexity index is 638. The smallest absolute Gasteiger partial charge is 0.239 e. The van der Waals surface area contributed by atoms with Gasteiger partial charge >= 0.3 is 0 Å². The van der Waals surface area contributed by atoms with Gasteiger partial charge in [0.05, 0.1) is 0 Å². The molecule has 0 saturated carbocycles. The summed E-state index contributed by atoms with van der Waals surface area (Å²) in [5.41, 5.74) is 3.20. The van der Waals surface area contributed by atoms with Crippen molar-refractivity contribution in [2.24, 2.45) is 5.92 Å². The topological polar surface area (TPSA) is 52.7 Å². The Balaban J connectivity index is 0.00000243. The van der Waals surface area contributed by atoms with Crippen LogP contribution >= 0.6 is 12.4 Å². The van der Waals surface area contributed by atoms with E-state index in [4.69, 9.17) is 0 Å². The predicted octanol–water partition coefficient (Wildman–Crippen LogP) is 2.68. The third-order valence-electron chi connectivity index (χ3n) is 5.24. The number of carbonyl (C=O) groups excluding carboxylic acids is 2. The molecule has 0 bridgehead atoms. The van der Waals surface area contributed by atoms with Gasteiger partial charge in [-0.25, -0.2) is 0 Å². The molecular formula is C20H30ClN3O2. The zero-order chi connectivity index (χ0) is 18.0. The Kier molecular flexibility index (Phi) is 7.07. The maximum Gasteiger partial charge on any atom is 0.239 e. The maximum atomic E-state index is 13.1. The van der Waals surface area contributed by atoms with E-state index >= 15 is 0 Å². The summed E-state index contributed by atoms with van der Waals surface area (Å²) in [7, 11) is 0. The molecule has 1 aromatic rings. The average Bonchev–Trinajstić information content (AvgIpc) is 3.20. The molecule has 0 spiro atoms. The van der Waals surface area contributed by atoms with Crippen molar-refractivity contribution in [3.05, 3.63) is 29.3 Å². The Labute approximate surface area is 162 Å². The quantitative estimate of drug-likeness (QED) is 0.800. The van der Waals surface area contributed by atoms with Crippen LogP contribution in [0, 0.1) is 19.8 Å². The van der Waals surface area contributed by atoms with Crippen LogP contribution in [0.2, 0.25) is 0 Å². The Morgan fingerprint density at radius 3 is 2.50 bits per heavy atom. The lowest BCUT2D eigenvalue weighted by atomic mass is 10.0. The molecule has 0 aliphatic carbocycles. The molecule has 2 atom stereocenters. The number of rotatable bonds is 5. The first-order valence-electron chi connectivity index (χ1n) is 9.42. The zero-order valence-electron chi connectivity index (χ0n) is 16.0. The lowest BCUT2D eigenvalue weighted by Crippen LogP contribution is -2.47. The first kappa shape index (κ1) is 20.7. The van der Waals surface area contributed by atoms with Crippen molar-refractivity contribution in [1.29, 1.82) is 0 Å². The highest BCUT2D eigenvalue weighted by atomic mass is 35.5. The summed E-state index contributed by atoms with van der Waals surface area (Å²) in [6.45, 7) is 9.31. The van der Waals surface area contributed by atoms with Gasteiger partial charge in [-0.15, -0.1) is 12.4 Å². The van der Waals surface area contributed by atoms with Crippen molar-refractivity contribution < 1.29 is 9.59 Å². The molecule has 0 aromatic heterocycles. The summed E-state index contributed by atoms with van der Waals surface area (Å²) in [5, 5.41) is 3.33. The number of hydrogen-bond donors (Lipinski definition) is 1. The van der Waals surface area contributed by atoms with Crippen LogP contribution in [0.5, 0.6) is 0 Å². The van der Waals surface area contributed by atoms with Gasteiger partial charge in [0.25, 0.3) is 0 Å². The van der Waals surface area contributed by atoms with Gasteiger partial charge in [0.2, 0.25) is 11.8 Å². The molecule has 5 nitrogen and oxygen atoms in total. The van der Waals surface area contributed by atoms with E-state index in [1.807, 2.05) is 30.9 Å². The molecule has 26 heavy (non-hydrogen) atoms. The molecule has 2 unspecified atom stereocenters. The lowest BCUT2D eigenvalue weighted by Gasteiger charge is -2.30. The number of halogens is 1. The van der Waals surface area contributed by atoms with E-state index in [-0.39, 0.29) is 30.3 Å².